The summed E-state index contributed by atoms with van der Waals surface area (Å²) in [4.78, 5) is 2.48. The molecule has 0 aromatic heterocycles. The smallest absolute Gasteiger partial charge is 0.0599 e. The molecule has 0 radical (unpaired) electrons. The molecule has 0 aromatic carbocycles. The lowest BCUT2D eigenvalue weighted by molar-refractivity contribution is 0.0284. The van der Waals surface area contributed by atoms with E-state index < -0.39 is 0 Å². The van der Waals surface area contributed by atoms with Gasteiger partial charge in [0.15, 0.2) is 0 Å². The van der Waals surface area contributed by atoms with Crippen LogP contribution in [0.1, 0.15) is 32.1 Å². The van der Waals surface area contributed by atoms with E-state index in [-0.39, 0.29) is 0 Å². The molecule has 1 aliphatic carbocycles. The molecule has 2 fully saturated rings. The number of ether oxygens (including phenoxy) is 1. The zero-order valence-corrected chi connectivity index (χ0v) is 9.87. The third-order valence-electron chi connectivity index (χ3n) is 3.47. The molecule has 1 heterocycles. The molecule has 0 unspecified atom stereocenters. The van der Waals surface area contributed by atoms with Crippen molar-refractivity contribution in [1.29, 1.82) is 0 Å². The minimum atomic E-state index is 0.525. The fourth-order valence-corrected chi connectivity index (χ4v) is 2.22. The van der Waals surface area contributed by atoms with Crippen molar-refractivity contribution in [2.24, 2.45) is 0 Å². The molecule has 0 spiro atoms. The predicted molar refractivity (Wildman–Crippen MR) is 62.1 cm³/mol. The van der Waals surface area contributed by atoms with E-state index in [9.17, 15) is 0 Å². The quantitative estimate of drug-likeness (QED) is 0.670. The first-order valence-corrected chi connectivity index (χ1v) is 6.39. The van der Waals surface area contributed by atoms with Gasteiger partial charge in [-0.3, -0.25) is 0 Å². The summed E-state index contributed by atoms with van der Waals surface area (Å²) in [5.41, 5.74) is 0. The van der Waals surface area contributed by atoms with Crippen LogP contribution in [0, 0.1) is 0 Å². The summed E-state index contributed by atoms with van der Waals surface area (Å²) in [7, 11) is 2.24. The Labute approximate surface area is 93.2 Å². The maximum Gasteiger partial charge on any atom is 0.0599 e. The van der Waals surface area contributed by atoms with Crippen molar-refractivity contribution in [2.45, 2.75) is 44.2 Å². The summed E-state index contributed by atoms with van der Waals surface area (Å²) in [5, 5.41) is 3.36. The number of piperidine rings is 1. The molecule has 0 amide bonds. The number of hydrogen-bond donors (Lipinski definition) is 1. The van der Waals surface area contributed by atoms with E-state index in [4.69, 9.17) is 4.74 Å². The minimum absolute atomic E-state index is 0.525. The highest BCUT2D eigenvalue weighted by molar-refractivity contribution is 4.82. The molecule has 0 bridgehead atoms. The van der Waals surface area contributed by atoms with Gasteiger partial charge >= 0.3 is 0 Å². The Morgan fingerprint density at radius 2 is 1.93 bits per heavy atom. The van der Waals surface area contributed by atoms with Gasteiger partial charge in [-0.25, -0.2) is 0 Å². The Morgan fingerprint density at radius 1 is 1.20 bits per heavy atom. The van der Waals surface area contributed by atoms with E-state index in [2.05, 4.69) is 17.3 Å². The zero-order chi connectivity index (χ0) is 10.5. The minimum Gasteiger partial charge on any atom is -0.378 e. The molecule has 3 nitrogen and oxygen atoms in total. The van der Waals surface area contributed by atoms with E-state index in [1.165, 1.54) is 38.6 Å². The van der Waals surface area contributed by atoms with Crippen LogP contribution in [0.15, 0.2) is 0 Å². The molecular weight excluding hydrogens is 188 g/mol. The van der Waals surface area contributed by atoms with E-state index in [0.29, 0.717) is 6.10 Å². The Hall–Kier alpha value is -0.120. The third kappa shape index (κ3) is 4.09. The molecule has 1 saturated carbocycles. The van der Waals surface area contributed by atoms with Gasteiger partial charge in [-0.15, -0.1) is 0 Å². The topological polar surface area (TPSA) is 24.5 Å². The van der Waals surface area contributed by atoms with Gasteiger partial charge in [0.05, 0.1) is 6.10 Å². The molecule has 1 aliphatic heterocycles. The SMILES string of the molecule is CN(CCCOC1CCNCC1)C1CC1. The highest BCUT2D eigenvalue weighted by Crippen LogP contribution is 2.25. The average molecular weight is 212 g/mol. The zero-order valence-electron chi connectivity index (χ0n) is 9.87. The van der Waals surface area contributed by atoms with Crippen LogP contribution in [0.4, 0.5) is 0 Å². The van der Waals surface area contributed by atoms with E-state index in [1.54, 1.807) is 0 Å². The first-order valence-electron chi connectivity index (χ1n) is 6.39. The summed E-state index contributed by atoms with van der Waals surface area (Å²) < 4.78 is 5.87. The summed E-state index contributed by atoms with van der Waals surface area (Å²) in [6.07, 6.45) is 6.92. The van der Waals surface area contributed by atoms with Crippen molar-refractivity contribution in [2.75, 3.05) is 33.3 Å². The monoisotopic (exact) mass is 212 g/mol. The number of rotatable bonds is 6. The largest absolute Gasteiger partial charge is 0.378 e. The van der Waals surface area contributed by atoms with Crippen LogP contribution in [0.2, 0.25) is 0 Å². The Morgan fingerprint density at radius 3 is 2.60 bits per heavy atom. The number of nitrogens with zero attached hydrogens (tertiary/aromatic N) is 1. The van der Waals surface area contributed by atoms with Gasteiger partial charge in [0, 0.05) is 19.2 Å². The predicted octanol–water partition coefficient (Wildman–Crippen LogP) is 1.24. The average Bonchev–Trinajstić information content (AvgIpc) is 3.09. The molecular formula is C12H24N2O. The second kappa shape index (κ2) is 5.83. The van der Waals surface area contributed by atoms with Crippen LogP contribution >= 0.6 is 0 Å². The van der Waals surface area contributed by atoms with Crippen molar-refractivity contribution >= 4 is 0 Å². The molecule has 1 saturated heterocycles. The summed E-state index contributed by atoms with van der Waals surface area (Å²) in [5.74, 6) is 0. The van der Waals surface area contributed by atoms with Crippen LogP contribution < -0.4 is 5.32 Å². The van der Waals surface area contributed by atoms with Crippen LogP contribution in [0.5, 0.6) is 0 Å². The lowest BCUT2D eigenvalue weighted by Crippen LogP contribution is -2.33. The molecule has 3 heteroatoms. The fraction of sp³-hybridized carbons (Fsp3) is 1.00. The summed E-state index contributed by atoms with van der Waals surface area (Å²) in [6, 6.07) is 0.892. The van der Waals surface area contributed by atoms with Crippen molar-refractivity contribution in [1.82, 2.24) is 10.2 Å². The van der Waals surface area contributed by atoms with Gasteiger partial charge in [-0.1, -0.05) is 0 Å². The van der Waals surface area contributed by atoms with Crippen molar-refractivity contribution in [3.63, 3.8) is 0 Å². The molecule has 2 rings (SSSR count). The van der Waals surface area contributed by atoms with Gasteiger partial charge in [-0.2, -0.15) is 0 Å². The van der Waals surface area contributed by atoms with E-state index in [0.717, 1.165) is 25.7 Å². The van der Waals surface area contributed by atoms with Crippen LogP contribution in [0.3, 0.4) is 0 Å². The van der Waals surface area contributed by atoms with Gasteiger partial charge in [0.2, 0.25) is 0 Å². The van der Waals surface area contributed by atoms with Crippen LogP contribution in [0.25, 0.3) is 0 Å². The van der Waals surface area contributed by atoms with Gasteiger partial charge in [0.25, 0.3) is 0 Å². The second-order valence-electron chi connectivity index (χ2n) is 4.89. The lowest BCUT2D eigenvalue weighted by Gasteiger charge is -2.23. The second-order valence-corrected chi connectivity index (χ2v) is 4.89. The summed E-state index contributed by atoms with van der Waals surface area (Å²) >= 11 is 0. The third-order valence-corrected chi connectivity index (χ3v) is 3.47. The molecule has 1 N–H and O–H groups in total. The molecule has 0 atom stereocenters. The maximum absolute atomic E-state index is 5.87. The first-order chi connectivity index (χ1) is 7.36. The van der Waals surface area contributed by atoms with E-state index >= 15 is 0 Å². The molecule has 88 valence electrons. The van der Waals surface area contributed by atoms with Crippen LogP contribution in [-0.2, 0) is 4.74 Å². The van der Waals surface area contributed by atoms with Crippen LogP contribution in [-0.4, -0.2) is 50.3 Å². The standard InChI is InChI=1S/C12H24N2O/c1-14(11-3-4-11)9-2-10-15-12-5-7-13-8-6-12/h11-13H,2-10H2,1H3. The highest BCUT2D eigenvalue weighted by Gasteiger charge is 2.25. The van der Waals surface area contributed by atoms with Crippen molar-refractivity contribution in [3.05, 3.63) is 0 Å². The Balaban J connectivity index is 1.46. The Bertz CT molecular complexity index is 176. The molecule has 15 heavy (non-hydrogen) atoms. The number of hydrogen-bond acceptors (Lipinski definition) is 3. The van der Waals surface area contributed by atoms with Gasteiger partial charge < -0.3 is 15.0 Å². The van der Waals surface area contributed by atoms with E-state index in [1.807, 2.05) is 0 Å². The first kappa shape index (κ1) is 11.4. The Kier molecular flexibility index (Phi) is 4.42. The fourth-order valence-electron chi connectivity index (χ4n) is 2.22. The van der Waals surface area contributed by atoms with Crippen molar-refractivity contribution in [3.8, 4) is 0 Å². The van der Waals surface area contributed by atoms with Gasteiger partial charge in [0.1, 0.15) is 0 Å². The molecule has 0 aromatic rings. The normalized spacial score (nSPS) is 23.6. The maximum atomic E-state index is 5.87. The van der Waals surface area contributed by atoms with Gasteiger partial charge in [-0.05, 0) is 52.2 Å². The lowest BCUT2D eigenvalue weighted by atomic mass is 10.1. The molecule has 2 aliphatic rings. The van der Waals surface area contributed by atoms with Crippen molar-refractivity contribution < 1.29 is 4.74 Å². The summed E-state index contributed by atoms with van der Waals surface area (Å²) in [6.45, 7) is 4.41. The number of nitrogens with one attached hydrogen (secondary N) is 1. The highest BCUT2D eigenvalue weighted by atomic mass is 16.5.